The number of piperidine rings is 1. The molecule has 262 valence electrons. The van der Waals surface area contributed by atoms with Crippen molar-refractivity contribution in [2.45, 2.75) is 77.1 Å². The van der Waals surface area contributed by atoms with Gasteiger partial charge in [-0.15, -0.1) is 0 Å². The van der Waals surface area contributed by atoms with Gasteiger partial charge in [0.05, 0.1) is 37.1 Å². The summed E-state index contributed by atoms with van der Waals surface area (Å²) >= 11 is 0. The summed E-state index contributed by atoms with van der Waals surface area (Å²) in [4.78, 5) is 37.6. The maximum atomic E-state index is 14.2. The highest BCUT2D eigenvalue weighted by atomic mass is 19.4. The summed E-state index contributed by atoms with van der Waals surface area (Å²) in [6.07, 6.45) is -2.23. The minimum Gasteiger partial charge on any atom is -0.380 e. The lowest BCUT2D eigenvalue weighted by Gasteiger charge is -2.41. The number of hydrogen-bond donors (Lipinski definition) is 2. The molecule has 48 heavy (non-hydrogen) atoms. The number of carbonyl (C=O) groups excluding carboxylic acids is 2. The van der Waals surface area contributed by atoms with Crippen molar-refractivity contribution in [3.8, 4) is 0 Å². The fraction of sp³-hybridized carbons (Fsp3) is 0.677. The van der Waals surface area contributed by atoms with Crippen molar-refractivity contribution in [1.82, 2.24) is 40.0 Å². The monoisotopic (exact) mass is 681 g/mol. The van der Waals surface area contributed by atoms with E-state index in [1.807, 2.05) is 18.7 Å². The predicted octanol–water partition coefficient (Wildman–Crippen LogP) is 3.97. The molecular formula is C31H40F5N9O3. The van der Waals surface area contributed by atoms with Crippen LogP contribution in [0.15, 0.2) is 18.5 Å². The maximum Gasteiger partial charge on any atom is 0.393 e. The molecule has 5 heterocycles. The van der Waals surface area contributed by atoms with Gasteiger partial charge >= 0.3 is 6.18 Å². The van der Waals surface area contributed by atoms with E-state index in [1.54, 1.807) is 19.3 Å². The summed E-state index contributed by atoms with van der Waals surface area (Å²) in [5.74, 6) is -6.23. The van der Waals surface area contributed by atoms with Crippen LogP contribution in [-0.2, 0) is 22.5 Å². The van der Waals surface area contributed by atoms with Crippen LogP contribution in [-0.4, -0.2) is 86.6 Å². The lowest BCUT2D eigenvalue weighted by molar-refractivity contribution is -0.183. The Balaban J connectivity index is 1.36. The first-order chi connectivity index (χ1) is 22.6. The molecule has 3 aromatic heterocycles. The molecule has 2 N–H and O–H groups in total. The van der Waals surface area contributed by atoms with Gasteiger partial charge in [0.15, 0.2) is 5.82 Å². The molecule has 3 aliphatic rings. The number of fused-ring (bicyclic) bond motifs is 1. The Labute approximate surface area is 273 Å². The van der Waals surface area contributed by atoms with E-state index in [0.29, 0.717) is 49.2 Å². The molecule has 3 aromatic rings. The summed E-state index contributed by atoms with van der Waals surface area (Å²) in [6, 6.07) is 0.814. The number of nitrogens with zero attached hydrogens (tertiary/aromatic N) is 7. The molecule has 0 spiro atoms. The molecule has 0 bridgehead atoms. The summed E-state index contributed by atoms with van der Waals surface area (Å²) in [7, 11) is 1.79. The number of aromatic nitrogens is 6. The van der Waals surface area contributed by atoms with Gasteiger partial charge in [0, 0.05) is 63.5 Å². The lowest BCUT2D eigenvalue weighted by atomic mass is 9.81. The molecule has 3 atom stereocenters. The van der Waals surface area contributed by atoms with Gasteiger partial charge in [-0.1, -0.05) is 6.92 Å². The van der Waals surface area contributed by atoms with Gasteiger partial charge in [-0.2, -0.15) is 28.4 Å². The number of ether oxygens (including phenoxy) is 1. The fourth-order valence-corrected chi connectivity index (χ4v) is 7.02. The smallest absolute Gasteiger partial charge is 0.380 e. The van der Waals surface area contributed by atoms with Gasteiger partial charge < -0.3 is 20.3 Å². The number of amides is 2. The number of hydrogen-bond acceptors (Lipinski definition) is 8. The molecule has 6 rings (SSSR count). The highest BCUT2D eigenvalue weighted by Crippen LogP contribution is 2.42. The standard InChI is InChI=1S/C31H40F5N9O3/c1-4-44-23(7-10-38-44)27(47)40-24(18-5-8-30(32,33)9-6-18)22-14-45-28(39-22)41-25(43(3)15-29(2)16-48-17-29)21(42-45)12-19-11-20(31(34,35)36)13-37-26(19)46/h7,10,14,18-20,24H,4-6,8-9,11-13,15-17H2,1-3H3,(H,37,46)(H,40,47)/t19-,20-,24+/m1/s1. The van der Waals surface area contributed by atoms with Crippen molar-refractivity contribution in [1.29, 1.82) is 0 Å². The van der Waals surface area contributed by atoms with Gasteiger partial charge in [-0.3, -0.25) is 14.3 Å². The van der Waals surface area contributed by atoms with Crippen LogP contribution in [0.1, 0.15) is 73.9 Å². The van der Waals surface area contributed by atoms with Gasteiger partial charge in [0.25, 0.3) is 11.7 Å². The minimum absolute atomic E-state index is 0.0966. The van der Waals surface area contributed by atoms with Gasteiger partial charge in [0.2, 0.25) is 11.8 Å². The SMILES string of the molecule is CCn1nccc1C(=O)N[C@H](c1cn2nc(C[C@H]3C[C@@H](C(F)(F)F)CNC3=O)c(N(C)CC3(C)COC3)nc2n1)C1CCC(F)(F)CC1. The lowest BCUT2D eigenvalue weighted by Crippen LogP contribution is -2.48. The quantitative estimate of drug-likeness (QED) is 0.308. The van der Waals surface area contributed by atoms with Crippen LogP contribution < -0.4 is 15.5 Å². The maximum absolute atomic E-state index is 14.2. The second-order valence-electron chi connectivity index (χ2n) is 13.7. The Hall–Kier alpha value is -3.89. The number of imidazole rings is 1. The van der Waals surface area contributed by atoms with E-state index in [4.69, 9.17) is 19.8 Å². The highest BCUT2D eigenvalue weighted by molar-refractivity contribution is 5.92. The number of nitrogens with one attached hydrogen (secondary N) is 2. The van der Waals surface area contributed by atoms with Crippen LogP contribution >= 0.6 is 0 Å². The number of halogens is 5. The zero-order valence-corrected chi connectivity index (χ0v) is 27.1. The van der Waals surface area contributed by atoms with Crippen molar-refractivity contribution in [3.05, 3.63) is 35.5 Å². The third-order valence-electron chi connectivity index (χ3n) is 9.71. The second kappa shape index (κ2) is 12.9. The fourth-order valence-electron chi connectivity index (χ4n) is 7.02. The largest absolute Gasteiger partial charge is 0.393 e. The molecule has 0 radical (unpaired) electrons. The van der Waals surface area contributed by atoms with Gasteiger partial charge in [0.1, 0.15) is 11.4 Å². The number of carbonyl (C=O) groups is 2. The summed E-state index contributed by atoms with van der Waals surface area (Å²) in [5.41, 5.74) is 0.795. The molecule has 2 amide bonds. The van der Waals surface area contributed by atoms with E-state index in [0.717, 1.165) is 0 Å². The van der Waals surface area contributed by atoms with Crippen molar-refractivity contribution in [3.63, 3.8) is 0 Å². The van der Waals surface area contributed by atoms with Crippen LogP contribution in [0.2, 0.25) is 0 Å². The van der Waals surface area contributed by atoms with Crippen molar-refractivity contribution >= 4 is 23.4 Å². The molecule has 1 saturated carbocycles. The summed E-state index contributed by atoms with van der Waals surface area (Å²) in [5, 5.41) is 14.3. The zero-order valence-electron chi connectivity index (χ0n) is 27.1. The first kappa shape index (κ1) is 34.0. The molecule has 3 fully saturated rings. The van der Waals surface area contributed by atoms with Gasteiger partial charge in [-0.05, 0) is 38.2 Å². The van der Waals surface area contributed by atoms with Crippen LogP contribution in [0.4, 0.5) is 27.8 Å². The number of anilines is 1. The molecule has 0 aromatic carbocycles. The topological polar surface area (TPSA) is 132 Å². The van der Waals surface area contributed by atoms with Crippen molar-refractivity contribution in [2.75, 3.05) is 38.3 Å². The Morgan fingerprint density at radius 3 is 2.60 bits per heavy atom. The molecule has 12 nitrogen and oxygen atoms in total. The Morgan fingerprint density at radius 1 is 1.23 bits per heavy atom. The average molecular weight is 682 g/mol. The molecular weight excluding hydrogens is 641 g/mol. The third-order valence-corrected chi connectivity index (χ3v) is 9.71. The van der Waals surface area contributed by atoms with Crippen molar-refractivity contribution < 1.29 is 36.3 Å². The van der Waals surface area contributed by atoms with Gasteiger partial charge in [-0.25, -0.2) is 18.3 Å². The average Bonchev–Trinajstić information content (AvgIpc) is 3.66. The highest BCUT2D eigenvalue weighted by Gasteiger charge is 2.45. The Bertz CT molecular complexity index is 1640. The van der Waals surface area contributed by atoms with Crippen LogP contribution in [0.3, 0.4) is 0 Å². The van der Waals surface area contributed by atoms with Crippen molar-refractivity contribution in [2.24, 2.45) is 23.2 Å². The number of rotatable bonds is 10. The zero-order chi connectivity index (χ0) is 34.4. The van der Waals surface area contributed by atoms with E-state index in [2.05, 4.69) is 15.7 Å². The van der Waals surface area contributed by atoms with Crippen LogP contribution in [0.25, 0.3) is 5.78 Å². The molecule has 17 heteroatoms. The Morgan fingerprint density at radius 2 is 1.96 bits per heavy atom. The van der Waals surface area contributed by atoms with E-state index in [1.165, 1.54) is 15.4 Å². The normalized spacial score (nSPS) is 23.4. The minimum atomic E-state index is -4.46. The first-order valence-electron chi connectivity index (χ1n) is 16.2. The van der Waals surface area contributed by atoms with Crippen LogP contribution in [0.5, 0.6) is 0 Å². The van der Waals surface area contributed by atoms with Crippen LogP contribution in [0, 0.1) is 23.2 Å². The Kier molecular flexibility index (Phi) is 9.10. The van der Waals surface area contributed by atoms with E-state index >= 15 is 0 Å². The number of alkyl halides is 5. The second-order valence-corrected chi connectivity index (χ2v) is 13.7. The first-order valence-corrected chi connectivity index (χ1v) is 16.2. The molecule has 2 aliphatic heterocycles. The molecule has 0 unspecified atom stereocenters. The summed E-state index contributed by atoms with van der Waals surface area (Å²) in [6.45, 7) is 5.40. The van der Waals surface area contributed by atoms with E-state index in [9.17, 15) is 31.5 Å². The van der Waals surface area contributed by atoms with E-state index < -0.39 is 48.3 Å². The van der Waals surface area contributed by atoms with E-state index in [-0.39, 0.29) is 55.6 Å². The molecule has 2 saturated heterocycles. The predicted molar refractivity (Wildman–Crippen MR) is 162 cm³/mol. The third kappa shape index (κ3) is 7.10. The number of aryl methyl sites for hydroxylation is 1. The molecule has 1 aliphatic carbocycles. The summed E-state index contributed by atoms with van der Waals surface area (Å²) < 4.78 is 77.6.